The first-order valence-electron chi connectivity index (χ1n) is 6.61. The zero-order chi connectivity index (χ0) is 17.6. The summed E-state index contributed by atoms with van der Waals surface area (Å²) in [4.78, 5) is 12.7. The third-order valence-electron chi connectivity index (χ3n) is 3.58. The van der Waals surface area contributed by atoms with Gasteiger partial charge in [-0.05, 0) is 12.2 Å². The summed E-state index contributed by atoms with van der Waals surface area (Å²) < 4.78 is 6.77. The van der Waals surface area contributed by atoms with Crippen LogP contribution < -0.4 is 11.3 Å². The number of thiocarbonyl (C=S) groups is 1. The second kappa shape index (κ2) is 5.85. The van der Waals surface area contributed by atoms with E-state index in [0.29, 0.717) is 4.68 Å². The third-order valence-corrected chi connectivity index (χ3v) is 3.76. The molecule has 1 fully saturated rings. The first kappa shape index (κ1) is 16.4. The average molecular weight is 353 g/mol. The number of fused-ring (bicyclic) bond motifs is 1. The van der Waals surface area contributed by atoms with Crippen LogP contribution >= 0.6 is 12.2 Å². The van der Waals surface area contributed by atoms with E-state index in [-0.39, 0.29) is 21.8 Å². The van der Waals surface area contributed by atoms with Gasteiger partial charge >= 0.3 is 0 Å². The summed E-state index contributed by atoms with van der Waals surface area (Å²) in [6, 6.07) is 1.74. The summed E-state index contributed by atoms with van der Waals surface area (Å²) in [7, 11) is 0. The number of nitrogens with two attached hydrogens (primary N) is 1. The molecule has 12 nitrogen and oxygen atoms in total. The van der Waals surface area contributed by atoms with Crippen LogP contribution in [0, 0.1) is 11.3 Å². The second-order valence-electron chi connectivity index (χ2n) is 4.98. The Hall–Kier alpha value is -2.50. The number of rotatable bonds is 2. The van der Waals surface area contributed by atoms with Crippen LogP contribution in [0.15, 0.2) is 4.79 Å². The minimum atomic E-state index is -1.52. The molecule has 1 aliphatic heterocycles. The largest absolute Gasteiger partial charge is 0.394 e. The van der Waals surface area contributed by atoms with Gasteiger partial charge in [0.15, 0.2) is 28.1 Å². The van der Waals surface area contributed by atoms with Gasteiger partial charge in [-0.25, -0.2) is 0 Å². The van der Waals surface area contributed by atoms with E-state index < -0.39 is 36.7 Å². The molecule has 2 aromatic heterocycles. The second-order valence-corrected chi connectivity index (χ2v) is 5.39. The molecule has 0 saturated carbocycles. The lowest BCUT2D eigenvalue weighted by Gasteiger charge is -2.15. The maximum atomic E-state index is 12.7. The van der Waals surface area contributed by atoms with E-state index in [1.807, 2.05) is 0 Å². The molecule has 4 atom stereocenters. The summed E-state index contributed by atoms with van der Waals surface area (Å²) >= 11 is 4.79. The topological polar surface area (TPSA) is 185 Å². The first-order chi connectivity index (χ1) is 11.4. The van der Waals surface area contributed by atoms with Gasteiger partial charge in [0, 0.05) is 0 Å². The summed E-state index contributed by atoms with van der Waals surface area (Å²) in [5.41, 5.74) is 4.12. The molecule has 0 radical (unpaired) electrons. The maximum absolute atomic E-state index is 12.7. The van der Waals surface area contributed by atoms with Crippen LogP contribution in [0.5, 0.6) is 0 Å². The Labute approximate surface area is 138 Å². The number of aliphatic hydroxyl groups is 3. The van der Waals surface area contributed by atoms with Crippen LogP contribution in [-0.4, -0.2) is 70.1 Å². The fourth-order valence-corrected chi connectivity index (χ4v) is 2.55. The Balaban J connectivity index is 2.20. The number of aliphatic hydroxyl groups excluding tert-OH is 3. The normalized spacial score (nSPS) is 26.6. The van der Waals surface area contributed by atoms with Crippen LogP contribution in [0.25, 0.3) is 11.0 Å². The van der Waals surface area contributed by atoms with Crippen molar-refractivity contribution in [2.24, 2.45) is 5.73 Å². The molecule has 1 aliphatic rings. The van der Waals surface area contributed by atoms with Gasteiger partial charge in [-0.15, -0.1) is 5.10 Å². The lowest BCUT2D eigenvalue weighted by molar-refractivity contribution is -0.0619. The molecule has 24 heavy (non-hydrogen) atoms. The summed E-state index contributed by atoms with van der Waals surface area (Å²) in [5.74, 6) is 0. The standard InChI is InChI=1S/C11H11N7O5S/c12-1-3-5-6(17(15-3)11(13)24)9(22)18(16-14-5)10-8(21)7(20)4(2-19)23-10/h4,7-8,10,19-21H,2H2,(H2,13,24). The quantitative estimate of drug-likeness (QED) is 0.394. The van der Waals surface area contributed by atoms with Crippen molar-refractivity contribution in [3.05, 3.63) is 16.0 Å². The van der Waals surface area contributed by atoms with E-state index in [4.69, 9.17) is 33.1 Å². The summed E-state index contributed by atoms with van der Waals surface area (Å²) in [5, 5.41) is 48.7. The van der Waals surface area contributed by atoms with Gasteiger partial charge in [-0.3, -0.25) is 4.79 Å². The molecule has 0 spiro atoms. The summed E-state index contributed by atoms with van der Waals surface area (Å²) in [6.07, 6.45) is -5.42. The van der Waals surface area contributed by atoms with Gasteiger partial charge in [0.05, 0.1) is 6.61 Å². The van der Waals surface area contributed by atoms with Crippen LogP contribution in [0.3, 0.4) is 0 Å². The fraction of sp³-hybridized carbons (Fsp3) is 0.455. The molecule has 1 saturated heterocycles. The Morgan fingerprint density at radius 2 is 2.17 bits per heavy atom. The van der Waals surface area contributed by atoms with Crippen LogP contribution in [0.2, 0.25) is 0 Å². The van der Waals surface area contributed by atoms with Crippen molar-refractivity contribution in [1.82, 2.24) is 24.8 Å². The number of hydrogen-bond donors (Lipinski definition) is 4. The highest BCUT2D eigenvalue weighted by Gasteiger charge is 2.44. The average Bonchev–Trinajstić information content (AvgIpc) is 3.08. The van der Waals surface area contributed by atoms with Gasteiger partial charge < -0.3 is 25.8 Å². The molecule has 3 heterocycles. The lowest BCUT2D eigenvalue weighted by atomic mass is 10.1. The van der Waals surface area contributed by atoms with Gasteiger partial charge in [0.2, 0.25) is 0 Å². The molecular formula is C11H11N7O5S. The van der Waals surface area contributed by atoms with Crippen molar-refractivity contribution in [3.63, 3.8) is 0 Å². The molecule has 0 bridgehead atoms. The highest BCUT2D eigenvalue weighted by Crippen LogP contribution is 2.27. The van der Waals surface area contributed by atoms with Crippen molar-refractivity contribution in [2.45, 2.75) is 24.5 Å². The zero-order valence-corrected chi connectivity index (χ0v) is 12.7. The number of aromatic nitrogens is 5. The molecular weight excluding hydrogens is 342 g/mol. The smallest absolute Gasteiger partial charge is 0.299 e. The van der Waals surface area contributed by atoms with E-state index in [9.17, 15) is 15.0 Å². The SMILES string of the molecule is N#Cc1nn(C(N)=S)c2c(=O)n(C3OC(CO)C(O)C3O)nnc12. The van der Waals surface area contributed by atoms with Crippen molar-refractivity contribution in [2.75, 3.05) is 6.61 Å². The highest BCUT2D eigenvalue weighted by molar-refractivity contribution is 7.80. The minimum absolute atomic E-state index is 0.113. The molecule has 126 valence electrons. The van der Waals surface area contributed by atoms with E-state index >= 15 is 0 Å². The van der Waals surface area contributed by atoms with Crippen molar-refractivity contribution in [1.29, 1.82) is 5.26 Å². The van der Waals surface area contributed by atoms with Crippen LogP contribution in [0.1, 0.15) is 11.9 Å². The van der Waals surface area contributed by atoms with Gasteiger partial charge in [0.25, 0.3) is 5.56 Å². The Morgan fingerprint density at radius 3 is 2.71 bits per heavy atom. The van der Waals surface area contributed by atoms with Crippen molar-refractivity contribution >= 4 is 28.4 Å². The number of hydrogen-bond acceptors (Lipinski definition) is 10. The Kier molecular flexibility index (Phi) is 3.99. The third kappa shape index (κ3) is 2.25. The number of ether oxygens (including phenoxy) is 1. The highest BCUT2D eigenvalue weighted by atomic mass is 32.1. The Morgan fingerprint density at radius 1 is 1.46 bits per heavy atom. The molecule has 5 N–H and O–H groups in total. The molecule has 4 unspecified atom stereocenters. The van der Waals surface area contributed by atoms with Gasteiger partial charge in [-0.2, -0.15) is 19.7 Å². The van der Waals surface area contributed by atoms with E-state index in [1.54, 1.807) is 6.07 Å². The first-order valence-corrected chi connectivity index (χ1v) is 7.02. The molecule has 2 aromatic rings. The molecule has 3 rings (SSSR count). The van der Waals surface area contributed by atoms with E-state index in [1.165, 1.54) is 0 Å². The van der Waals surface area contributed by atoms with Gasteiger partial charge in [-0.1, -0.05) is 5.21 Å². The van der Waals surface area contributed by atoms with Crippen molar-refractivity contribution in [3.8, 4) is 6.07 Å². The maximum Gasteiger partial charge on any atom is 0.299 e. The fourth-order valence-electron chi connectivity index (χ4n) is 2.42. The molecule has 0 aromatic carbocycles. The lowest BCUT2D eigenvalue weighted by Crippen LogP contribution is -2.37. The van der Waals surface area contributed by atoms with E-state index in [0.717, 1.165) is 4.68 Å². The number of nitrogens with zero attached hydrogens (tertiary/aromatic N) is 6. The van der Waals surface area contributed by atoms with E-state index in [2.05, 4.69) is 15.4 Å². The zero-order valence-electron chi connectivity index (χ0n) is 11.8. The van der Waals surface area contributed by atoms with Crippen molar-refractivity contribution < 1.29 is 20.1 Å². The molecule has 13 heteroatoms. The summed E-state index contributed by atoms with van der Waals surface area (Å²) in [6.45, 7) is -0.567. The van der Waals surface area contributed by atoms with Gasteiger partial charge in [0.1, 0.15) is 24.4 Å². The monoisotopic (exact) mass is 353 g/mol. The predicted octanol–water partition coefficient (Wildman–Crippen LogP) is -3.44. The minimum Gasteiger partial charge on any atom is -0.394 e. The predicted molar refractivity (Wildman–Crippen MR) is 79.5 cm³/mol. The molecule has 0 aliphatic carbocycles. The number of nitriles is 1. The van der Waals surface area contributed by atoms with Crippen LogP contribution in [0.4, 0.5) is 0 Å². The molecule has 0 amide bonds. The Bertz CT molecular complexity index is 918. The van der Waals surface area contributed by atoms with Crippen LogP contribution in [-0.2, 0) is 4.74 Å².